The second-order valence-corrected chi connectivity index (χ2v) is 7.55. The molecular weight excluding hydrogens is 428 g/mol. The maximum Gasteiger partial charge on any atom is 0.341 e. The maximum absolute atomic E-state index is 11.0. The summed E-state index contributed by atoms with van der Waals surface area (Å²) in [5.74, 6) is 0.158. The van der Waals surface area contributed by atoms with Gasteiger partial charge in [-0.05, 0) is 45.7 Å². The quantitative estimate of drug-likeness (QED) is 0.223. The zero-order valence-corrected chi connectivity index (χ0v) is 18.9. The Morgan fingerprint density at radius 1 is 1.30 bits per heavy atom. The molecule has 0 fully saturated rings. The van der Waals surface area contributed by atoms with Gasteiger partial charge < -0.3 is 35.2 Å². The van der Waals surface area contributed by atoms with Gasteiger partial charge in [0.2, 0.25) is 17.8 Å². The number of aromatic nitrogens is 3. The van der Waals surface area contributed by atoms with Crippen LogP contribution >= 0.6 is 0 Å². The predicted molar refractivity (Wildman–Crippen MR) is 123 cm³/mol. The summed E-state index contributed by atoms with van der Waals surface area (Å²) in [6, 6.07) is 5.09. The van der Waals surface area contributed by atoms with Gasteiger partial charge in [0.05, 0.1) is 12.8 Å². The first-order valence-electron chi connectivity index (χ1n) is 10.7. The van der Waals surface area contributed by atoms with Crippen LogP contribution in [0, 0.1) is 0 Å². The summed E-state index contributed by atoms with van der Waals surface area (Å²) in [5.41, 5.74) is 2.59. The van der Waals surface area contributed by atoms with Gasteiger partial charge in [0.1, 0.15) is 12.0 Å². The van der Waals surface area contributed by atoms with Crippen LogP contribution < -0.4 is 25.1 Å². The lowest BCUT2D eigenvalue weighted by atomic mass is 10.2. The molecular formula is C22H31N6O5+. The number of carbonyl (C=O) groups is 1. The minimum atomic E-state index is -1.10. The van der Waals surface area contributed by atoms with E-state index < -0.39 is 12.6 Å². The first kappa shape index (κ1) is 24.2. The molecule has 0 saturated carbocycles. The monoisotopic (exact) mass is 459 g/mol. The molecule has 1 aromatic carbocycles. The Morgan fingerprint density at radius 2 is 2.15 bits per heavy atom. The highest BCUT2D eigenvalue weighted by atomic mass is 16.5. The number of rotatable bonds is 14. The smallest absolute Gasteiger partial charge is 0.341 e. The summed E-state index contributed by atoms with van der Waals surface area (Å²) in [7, 11) is 4.03. The molecule has 0 atom stereocenters. The van der Waals surface area contributed by atoms with Crippen molar-refractivity contribution in [2.24, 2.45) is 0 Å². The highest BCUT2D eigenvalue weighted by Crippen LogP contribution is 2.33. The third kappa shape index (κ3) is 6.78. The zero-order valence-electron chi connectivity index (χ0n) is 18.9. The van der Waals surface area contributed by atoms with Crippen molar-refractivity contribution in [3.05, 3.63) is 36.3 Å². The summed E-state index contributed by atoms with van der Waals surface area (Å²) in [4.78, 5) is 24.1. The highest BCUT2D eigenvalue weighted by molar-refractivity contribution is 5.90. The first-order chi connectivity index (χ1) is 16.0. The molecule has 0 spiro atoms. The van der Waals surface area contributed by atoms with Gasteiger partial charge in [-0.3, -0.25) is 4.98 Å². The number of ether oxygens (including phenoxy) is 2. The van der Waals surface area contributed by atoms with E-state index in [9.17, 15) is 4.79 Å². The van der Waals surface area contributed by atoms with Gasteiger partial charge in [0.15, 0.2) is 18.1 Å². The fraction of sp³-hybridized carbons (Fsp3) is 0.409. The van der Waals surface area contributed by atoms with Gasteiger partial charge in [-0.15, -0.1) is 0 Å². The fourth-order valence-electron chi connectivity index (χ4n) is 3.44. The molecule has 3 aromatic rings. The van der Waals surface area contributed by atoms with E-state index in [-0.39, 0.29) is 19.0 Å². The largest absolute Gasteiger partial charge is 0.487 e. The summed E-state index contributed by atoms with van der Waals surface area (Å²) in [5, 5.41) is 25.4. The van der Waals surface area contributed by atoms with E-state index in [0.29, 0.717) is 17.3 Å². The van der Waals surface area contributed by atoms with Crippen LogP contribution in [-0.2, 0) is 11.3 Å². The van der Waals surface area contributed by atoms with E-state index in [1.807, 2.05) is 13.2 Å². The molecule has 11 heteroatoms. The number of aromatic amines is 2. The molecule has 178 valence electrons. The highest BCUT2D eigenvalue weighted by Gasteiger charge is 2.18. The van der Waals surface area contributed by atoms with Crippen molar-refractivity contribution in [3.63, 3.8) is 0 Å². The number of benzene rings is 1. The third-order valence-electron chi connectivity index (χ3n) is 4.91. The lowest BCUT2D eigenvalue weighted by molar-refractivity contribution is -0.352. The van der Waals surface area contributed by atoms with Crippen molar-refractivity contribution in [1.82, 2.24) is 20.2 Å². The van der Waals surface area contributed by atoms with Gasteiger partial charge in [0.25, 0.3) is 0 Å². The normalized spacial score (nSPS) is 11.2. The first-order valence-corrected chi connectivity index (χ1v) is 10.7. The van der Waals surface area contributed by atoms with E-state index in [2.05, 4.69) is 37.5 Å². The molecule has 0 bridgehead atoms. The average molecular weight is 460 g/mol. The molecule has 2 aromatic heterocycles. The molecule has 6 N–H and O–H groups in total. The van der Waals surface area contributed by atoms with E-state index >= 15 is 0 Å². The number of fused-ring (bicyclic) bond motifs is 1. The standard InChI is InChI=1S/C22H30N6O5/c1-23-6-3-7-28(2)12-15-11-24-21-20(15)22(26-14-25-21)27-16-4-5-17(32-9-8-29)18(10-16)33-13-19(30)31/h4-5,10-11,14,23,29H,3,6-9,12-13H2,1-2H3,(H,30,31)(H2,24,25,26,27)/p+1. The molecule has 0 amide bonds. The SMILES string of the molecule is CNCCCN(C)Cc1c[nH]c2[nH+]cnc(Nc3ccc(OCCO)c(OCC(=O)O)c3)c12. The number of carboxylic acids is 1. The van der Waals surface area contributed by atoms with Gasteiger partial charge in [-0.25, -0.2) is 9.78 Å². The van der Waals surface area contributed by atoms with Gasteiger partial charge in [-0.2, -0.15) is 0 Å². The van der Waals surface area contributed by atoms with Crippen molar-refractivity contribution in [3.8, 4) is 11.5 Å². The summed E-state index contributed by atoms with van der Waals surface area (Å²) < 4.78 is 10.8. The fourth-order valence-corrected chi connectivity index (χ4v) is 3.44. The lowest BCUT2D eigenvalue weighted by Gasteiger charge is -2.16. The number of carboxylic acid groups (broad SMARTS) is 1. The Hall–Kier alpha value is -3.41. The number of nitrogens with zero attached hydrogens (tertiary/aromatic N) is 2. The summed E-state index contributed by atoms with van der Waals surface area (Å²) >= 11 is 0. The number of aliphatic hydroxyl groups is 1. The number of aliphatic hydroxyl groups excluding tert-OH is 1. The Bertz CT molecular complexity index is 1060. The van der Waals surface area contributed by atoms with Crippen LogP contribution in [0.15, 0.2) is 30.7 Å². The van der Waals surface area contributed by atoms with Crippen LogP contribution in [-0.4, -0.2) is 78.1 Å². The summed E-state index contributed by atoms with van der Waals surface area (Å²) in [6.07, 6.45) is 4.62. The number of H-pyrrole nitrogens is 2. The molecule has 0 aliphatic heterocycles. The van der Waals surface area contributed by atoms with Gasteiger partial charge in [0, 0.05) is 23.9 Å². The number of aliphatic carboxylic acids is 1. The molecule has 0 radical (unpaired) electrons. The predicted octanol–water partition coefficient (Wildman–Crippen LogP) is 0.996. The van der Waals surface area contributed by atoms with Crippen molar-refractivity contribution >= 4 is 28.5 Å². The molecule has 3 rings (SSSR count). The maximum atomic E-state index is 11.0. The van der Waals surface area contributed by atoms with Crippen LogP contribution in [0.25, 0.3) is 11.0 Å². The number of hydrogen-bond donors (Lipinski definition) is 5. The van der Waals surface area contributed by atoms with E-state index in [0.717, 1.165) is 42.7 Å². The number of hydrogen-bond acceptors (Lipinski definition) is 8. The molecule has 0 saturated heterocycles. The van der Waals surface area contributed by atoms with Crippen LogP contribution in [0.5, 0.6) is 11.5 Å². The van der Waals surface area contributed by atoms with Crippen LogP contribution in [0.3, 0.4) is 0 Å². The second-order valence-electron chi connectivity index (χ2n) is 7.55. The minimum absolute atomic E-state index is 0.0709. The Morgan fingerprint density at radius 3 is 2.91 bits per heavy atom. The van der Waals surface area contributed by atoms with Gasteiger partial charge >= 0.3 is 5.97 Å². The van der Waals surface area contributed by atoms with Crippen molar-refractivity contribution in [1.29, 1.82) is 0 Å². The zero-order chi connectivity index (χ0) is 23.6. The number of anilines is 2. The molecule has 0 aliphatic rings. The second kappa shape index (κ2) is 12.0. The van der Waals surface area contributed by atoms with Crippen LogP contribution in [0.4, 0.5) is 11.5 Å². The molecule has 0 aliphatic carbocycles. The lowest BCUT2D eigenvalue weighted by Crippen LogP contribution is -2.22. The van der Waals surface area contributed by atoms with E-state index in [1.54, 1.807) is 24.5 Å². The average Bonchev–Trinajstić information content (AvgIpc) is 3.20. The Kier molecular flexibility index (Phi) is 8.81. The third-order valence-corrected chi connectivity index (χ3v) is 4.91. The Labute approximate surface area is 191 Å². The van der Waals surface area contributed by atoms with Gasteiger partial charge in [-0.1, -0.05) is 4.98 Å². The van der Waals surface area contributed by atoms with Crippen LogP contribution in [0.1, 0.15) is 12.0 Å². The van der Waals surface area contributed by atoms with Crippen molar-refractivity contribution in [2.45, 2.75) is 13.0 Å². The number of nitrogens with one attached hydrogen (secondary N) is 4. The Balaban J connectivity index is 1.84. The molecule has 2 heterocycles. The van der Waals surface area contributed by atoms with E-state index in [4.69, 9.17) is 19.7 Å². The summed E-state index contributed by atoms with van der Waals surface area (Å²) in [6.45, 7) is 2.06. The minimum Gasteiger partial charge on any atom is -0.487 e. The van der Waals surface area contributed by atoms with Crippen LogP contribution in [0.2, 0.25) is 0 Å². The van der Waals surface area contributed by atoms with Crippen molar-refractivity contribution in [2.75, 3.05) is 52.3 Å². The molecule has 33 heavy (non-hydrogen) atoms. The van der Waals surface area contributed by atoms with E-state index in [1.165, 1.54) is 0 Å². The van der Waals surface area contributed by atoms with Crippen molar-refractivity contribution < 1.29 is 29.5 Å². The molecule has 11 nitrogen and oxygen atoms in total. The molecule has 0 unspecified atom stereocenters. The topological polar surface area (TPSA) is 146 Å².